The van der Waals surface area contributed by atoms with Crippen molar-refractivity contribution in [1.29, 1.82) is 0 Å². The maximum atomic E-state index is 15.3. The van der Waals surface area contributed by atoms with Gasteiger partial charge in [-0.1, -0.05) is 41.9 Å². The van der Waals surface area contributed by atoms with Crippen molar-refractivity contribution in [2.75, 3.05) is 30.0 Å². The molecule has 3 amide bonds. The number of amides is 3. The number of primary amides is 1. The van der Waals surface area contributed by atoms with Gasteiger partial charge >= 0.3 is 0 Å². The van der Waals surface area contributed by atoms with Crippen LogP contribution in [-0.2, 0) is 14.4 Å². The number of carbonyl (C=O) groups excluding carboxylic acids is 3. The van der Waals surface area contributed by atoms with Crippen molar-refractivity contribution in [3.8, 4) is 11.1 Å². The lowest BCUT2D eigenvalue weighted by Gasteiger charge is -2.30. The van der Waals surface area contributed by atoms with Gasteiger partial charge in [-0.15, -0.1) is 0 Å². The fourth-order valence-electron chi connectivity index (χ4n) is 4.45. The van der Waals surface area contributed by atoms with Crippen molar-refractivity contribution in [2.24, 2.45) is 5.73 Å². The molecule has 5 N–H and O–H groups in total. The maximum Gasteiger partial charge on any atom is 0.269 e. The molecule has 0 spiro atoms. The van der Waals surface area contributed by atoms with Crippen molar-refractivity contribution < 1.29 is 28.8 Å². The van der Waals surface area contributed by atoms with Crippen LogP contribution in [0.4, 0.5) is 21.5 Å². The Kier molecular flexibility index (Phi) is 8.81. The topological polar surface area (TPSA) is 171 Å². The van der Waals surface area contributed by atoms with Crippen molar-refractivity contribution in [1.82, 2.24) is 10.3 Å². The van der Waals surface area contributed by atoms with E-state index in [0.717, 1.165) is 4.90 Å². The molecule has 4 rings (SSSR count). The first kappa shape index (κ1) is 29.4. The molecule has 1 heterocycles. The highest BCUT2D eigenvalue weighted by atomic mass is 35.5. The smallest absolute Gasteiger partial charge is 0.269 e. The highest BCUT2D eigenvalue weighted by Gasteiger charge is 2.36. The zero-order valence-electron chi connectivity index (χ0n) is 21.7. The van der Waals surface area contributed by atoms with Gasteiger partial charge in [-0.05, 0) is 25.1 Å². The molecule has 0 fully saturated rings. The number of anilines is 2. The van der Waals surface area contributed by atoms with Gasteiger partial charge < -0.3 is 21.1 Å². The molecule has 1 aliphatic heterocycles. The van der Waals surface area contributed by atoms with Crippen LogP contribution in [0.1, 0.15) is 18.5 Å². The number of aliphatic hydroxyl groups is 1. The monoisotopic (exact) mass is 584 g/mol. The summed E-state index contributed by atoms with van der Waals surface area (Å²) in [6.45, 7) is 0.0965. The minimum atomic E-state index is -1.13. The van der Waals surface area contributed by atoms with Gasteiger partial charge in [-0.2, -0.15) is 0 Å². The van der Waals surface area contributed by atoms with Crippen molar-refractivity contribution >= 4 is 46.4 Å². The second kappa shape index (κ2) is 12.3. The fraction of sp³-hybridized carbons (Fsp3) is 0.222. The molecule has 0 aliphatic carbocycles. The van der Waals surface area contributed by atoms with Gasteiger partial charge in [0.25, 0.3) is 5.69 Å². The molecule has 1 unspecified atom stereocenters. The molecule has 1 aliphatic rings. The molecular formula is C27H26ClFN6O6. The van der Waals surface area contributed by atoms with Gasteiger partial charge in [0.05, 0.1) is 28.9 Å². The van der Waals surface area contributed by atoms with E-state index in [2.05, 4.69) is 10.7 Å². The lowest BCUT2D eigenvalue weighted by molar-refractivity contribution is -0.384. The summed E-state index contributed by atoms with van der Waals surface area (Å²) in [4.78, 5) is 49.9. The summed E-state index contributed by atoms with van der Waals surface area (Å²) in [5.41, 5.74) is 8.96. The lowest BCUT2D eigenvalue weighted by Crippen LogP contribution is -2.51. The predicted molar refractivity (Wildman–Crippen MR) is 149 cm³/mol. The Morgan fingerprint density at radius 2 is 1.90 bits per heavy atom. The first-order chi connectivity index (χ1) is 19.5. The Morgan fingerprint density at radius 1 is 1.20 bits per heavy atom. The second-order valence-electron chi connectivity index (χ2n) is 9.30. The number of non-ortho nitro benzene ring substituents is 1. The van der Waals surface area contributed by atoms with Gasteiger partial charge in [-0.3, -0.25) is 29.5 Å². The Labute approximate surface area is 238 Å². The number of hydrogen-bond acceptors (Lipinski definition) is 8. The summed E-state index contributed by atoms with van der Waals surface area (Å²) in [6.07, 6.45) is 0. The number of hydrazine groups is 1. The average molecular weight is 585 g/mol. The molecule has 41 heavy (non-hydrogen) atoms. The molecule has 3 aromatic carbocycles. The standard InChI is InChI=1S/C27H26ClFN6O6/c1-15(14-36)33(12-23(37)31-21-8-4-6-18(25(21)29)17-5-2-3-7-20(17)28)24(38)13-34-22-10-9-16(35(40)41)11-19(22)26(32-34)27(30)39/h2-11,15,26,32,36H,12-14H2,1H3,(H2,30,39)(H,31,37)/t15-,26?/m1/s1. The van der Waals surface area contributed by atoms with Crippen LogP contribution in [0.5, 0.6) is 0 Å². The van der Waals surface area contributed by atoms with Crippen LogP contribution in [0.3, 0.4) is 0 Å². The molecule has 0 radical (unpaired) electrons. The third kappa shape index (κ3) is 6.27. The van der Waals surface area contributed by atoms with E-state index in [9.17, 15) is 29.6 Å². The molecular weight excluding hydrogens is 559 g/mol. The van der Waals surface area contributed by atoms with E-state index in [1.165, 1.54) is 42.3 Å². The molecule has 12 nitrogen and oxygen atoms in total. The summed E-state index contributed by atoms with van der Waals surface area (Å²) in [6, 6.07) is 12.9. The number of carbonyl (C=O) groups is 3. The van der Waals surface area contributed by atoms with E-state index >= 15 is 4.39 Å². The summed E-state index contributed by atoms with van der Waals surface area (Å²) in [5, 5.41) is 25.0. The van der Waals surface area contributed by atoms with Crippen molar-refractivity contribution in [3.63, 3.8) is 0 Å². The summed E-state index contributed by atoms with van der Waals surface area (Å²) >= 11 is 6.21. The SMILES string of the molecule is C[C@H](CO)N(CC(=O)Nc1cccc(-c2ccccc2Cl)c1F)C(=O)CN1NC(C(N)=O)c2cc([N+](=O)[O-])ccc21. The number of nitro groups is 1. The number of fused-ring (bicyclic) bond motifs is 1. The predicted octanol–water partition coefficient (Wildman–Crippen LogP) is 2.75. The quantitative estimate of drug-likeness (QED) is 0.208. The van der Waals surface area contributed by atoms with Crippen molar-refractivity contribution in [2.45, 2.75) is 19.0 Å². The Balaban J connectivity index is 1.52. The third-order valence-corrected chi connectivity index (χ3v) is 6.88. The fourth-order valence-corrected chi connectivity index (χ4v) is 4.69. The van der Waals surface area contributed by atoms with E-state index in [1.54, 1.807) is 30.3 Å². The van der Waals surface area contributed by atoms with Crippen LogP contribution in [0.2, 0.25) is 5.02 Å². The zero-order valence-corrected chi connectivity index (χ0v) is 22.5. The molecule has 0 bridgehead atoms. The van der Waals surface area contributed by atoms with Gasteiger partial charge in [-0.25, -0.2) is 9.82 Å². The van der Waals surface area contributed by atoms with Gasteiger partial charge in [0.1, 0.15) is 19.1 Å². The largest absolute Gasteiger partial charge is 0.394 e. The highest BCUT2D eigenvalue weighted by molar-refractivity contribution is 6.33. The first-order valence-corrected chi connectivity index (χ1v) is 12.7. The average Bonchev–Trinajstić information content (AvgIpc) is 3.30. The molecule has 0 saturated carbocycles. The van der Waals surface area contributed by atoms with E-state index in [-0.39, 0.29) is 22.5 Å². The third-order valence-electron chi connectivity index (χ3n) is 6.55. The number of nitrogens with one attached hydrogen (secondary N) is 2. The number of halogens is 2. The van der Waals surface area contributed by atoms with E-state index < -0.39 is 60.2 Å². The van der Waals surface area contributed by atoms with Crippen LogP contribution in [0.25, 0.3) is 11.1 Å². The van der Waals surface area contributed by atoms with E-state index in [4.69, 9.17) is 17.3 Å². The lowest BCUT2D eigenvalue weighted by atomic mass is 10.0. The van der Waals surface area contributed by atoms with Crippen LogP contribution < -0.4 is 21.5 Å². The van der Waals surface area contributed by atoms with Gasteiger partial charge in [0, 0.05) is 33.8 Å². The van der Waals surface area contributed by atoms with Gasteiger partial charge in [0.2, 0.25) is 17.7 Å². The molecule has 3 aromatic rings. The minimum Gasteiger partial charge on any atom is -0.394 e. The molecule has 2 atom stereocenters. The first-order valence-electron chi connectivity index (χ1n) is 12.4. The Hall–Kier alpha value is -4.59. The van der Waals surface area contributed by atoms with Crippen LogP contribution in [0, 0.1) is 15.9 Å². The highest BCUT2D eigenvalue weighted by Crippen LogP contribution is 2.35. The zero-order chi connectivity index (χ0) is 29.8. The normalized spacial score (nSPS) is 14.7. The van der Waals surface area contributed by atoms with Crippen molar-refractivity contribution in [3.05, 3.63) is 87.2 Å². The summed E-state index contributed by atoms with van der Waals surface area (Å²) in [7, 11) is 0. The molecule has 0 aromatic heterocycles. The van der Waals surface area contributed by atoms with E-state index in [1.807, 2.05) is 0 Å². The number of nitrogens with two attached hydrogens (primary N) is 1. The van der Waals surface area contributed by atoms with Gasteiger partial charge in [0.15, 0.2) is 5.82 Å². The molecule has 214 valence electrons. The number of hydrogen-bond donors (Lipinski definition) is 4. The second-order valence-corrected chi connectivity index (χ2v) is 9.71. The number of nitro benzene ring substituents is 1. The van der Waals surface area contributed by atoms with Crippen LogP contribution >= 0.6 is 11.6 Å². The maximum absolute atomic E-state index is 15.3. The summed E-state index contributed by atoms with van der Waals surface area (Å²) < 4.78 is 15.3. The van der Waals surface area contributed by atoms with Crippen LogP contribution in [-0.4, -0.2) is 58.4 Å². The minimum absolute atomic E-state index is 0.127. The Morgan fingerprint density at radius 3 is 2.56 bits per heavy atom. The molecule has 14 heteroatoms. The number of nitrogens with zero attached hydrogens (tertiary/aromatic N) is 3. The number of rotatable bonds is 10. The number of aliphatic hydroxyl groups excluding tert-OH is 1. The molecule has 0 saturated heterocycles. The number of benzene rings is 3. The van der Waals surface area contributed by atoms with E-state index in [0.29, 0.717) is 16.3 Å². The van der Waals surface area contributed by atoms with Crippen LogP contribution in [0.15, 0.2) is 60.7 Å². The Bertz CT molecular complexity index is 1520. The summed E-state index contributed by atoms with van der Waals surface area (Å²) in [5.74, 6) is -2.89.